The fourth-order valence-electron chi connectivity index (χ4n) is 3.48. The van der Waals surface area contributed by atoms with E-state index in [0.717, 1.165) is 17.7 Å². The van der Waals surface area contributed by atoms with Gasteiger partial charge in [0.2, 0.25) is 0 Å². The minimum absolute atomic E-state index is 0.0294. The maximum Gasteiger partial charge on any atom is 0.258 e. The zero-order valence-electron chi connectivity index (χ0n) is 17.4. The van der Waals surface area contributed by atoms with Crippen LogP contribution < -0.4 is 21.5 Å². The Morgan fingerprint density at radius 1 is 1.12 bits per heavy atom. The molecule has 0 bridgehead atoms. The van der Waals surface area contributed by atoms with Crippen LogP contribution in [-0.2, 0) is 4.74 Å². The number of aliphatic imine (C=N–C) groups is 1. The highest BCUT2D eigenvalue weighted by atomic mass is 19.2. The minimum atomic E-state index is -1.10. The zero-order valence-corrected chi connectivity index (χ0v) is 17.4. The fraction of sp³-hybridized carbons (Fsp3) is 0.364. The molecular formula is C22H24F3N5O2. The van der Waals surface area contributed by atoms with Gasteiger partial charge in [-0.05, 0) is 35.9 Å². The number of rotatable bonds is 5. The molecule has 1 amide bonds. The highest BCUT2D eigenvalue weighted by molar-refractivity contribution is 6.05. The first kappa shape index (κ1) is 22.3. The van der Waals surface area contributed by atoms with Crippen LogP contribution in [0.5, 0.6) is 0 Å². The summed E-state index contributed by atoms with van der Waals surface area (Å²) in [5.74, 6) is -2.86. The number of amides is 1. The monoisotopic (exact) mass is 447 g/mol. The Hall–Kier alpha value is -2.95. The van der Waals surface area contributed by atoms with Crippen LogP contribution in [0.25, 0.3) is 0 Å². The van der Waals surface area contributed by atoms with Crippen LogP contribution in [0.2, 0.25) is 0 Å². The molecule has 4 N–H and O–H groups in total. The molecule has 7 nitrogen and oxygen atoms in total. The van der Waals surface area contributed by atoms with Crippen molar-refractivity contribution in [1.82, 2.24) is 21.5 Å². The summed E-state index contributed by atoms with van der Waals surface area (Å²) in [6.45, 7) is 3.57. The molecule has 32 heavy (non-hydrogen) atoms. The minimum Gasteiger partial charge on any atom is -0.380 e. The van der Waals surface area contributed by atoms with E-state index in [9.17, 15) is 18.0 Å². The molecule has 2 aliphatic rings. The highest BCUT2D eigenvalue weighted by Crippen LogP contribution is 2.26. The van der Waals surface area contributed by atoms with Crippen molar-refractivity contribution in [3.8, 4) is 0 Å². The number of halogens is 3. The Bertz CT molecular complexity index is 1010. The Balaban J connectivity index is 1.44. The van der Waals surface area contributed by atoms with Gasteiger partial charge in [0.05, 0.1) is 25.9 Å². The number of carbonyl (C=O) groups excluding carboxylic acids is 1. The van der Waals surface area contributed by atoms with E-state index in [1.54, 1.807) is 12.1 Å². The smallest absolute Gasteiger partial charge is 0.258 e. The Morgan fingerprint density at radius 3 is 2.53 bits per heavy atom. The van der Waals surface area contributed by atoms with Crippen molar-refractivity contribution in [3.05, 3.63) is 71.0 Å². The first-order chi connectivity index (χ1) is 15.3. The van der Waals surface area contributed by atoms with Crippen molar-refractivity contribution in [2.75, 3.05) is 19.8 Å². The standard InChI is InChI=1S/C22H24F3N5O2/c1-22(11-32-12-22)10-26-21(28-20(31)14-4-7-16(24)17(25)8-14)27-19-9-18(29-30-19)13-2-5-15(23)6-3-13/h2-8,18-19,29-30H,9-12H2,1H3,(H2,26,27,28,31). The van der Waals surface area contributed by atoms with Crippen molar-refractivity contribution >= 4 is 11.9 Å². The van der Waals surface area contributed by atoms with E-state index in [1.807, 2.05) is 6.92 Å². The van der Waals surface area contributed by atoms with Crippen LogP contribution in [0.15, 0.2) is 47.5 Å². The summed E-state index contributed by atoms with van der Waals surface area (Å²) >= 11 is 0. The molecule has 170 valence electrons. The van der Waals surface area contributed by atoms with Gasteiger partial charge in [0.1, 0.15) is 5.82 Å². The second-order valence-corrected chi connectivity index (χ2v) is 8.38. The van der Waals surface area contributed by atoms with Crippen LogP contribution in [0.1, 0.15) is 35.3 Å². The van der Waals surface area contributed by atoms with Crippen molar-refractivity contribution in [2.24, 2.45) is 10.4 Å². The van der Waals surface area contributed by atoms with E-state index in [0.29, 0.717) is 26.2 Å². The van der Waals surface area contributed by atoms with Crippen LogP contribution in [-0.4, -0.2) is 37.8 Å². The summed E-state index contributed by atoms with van der Waals surface area (Å²) < 4.78 is 45.2. The maximum atomic E-state index is 13.5. The maximum absolute atomic E-state index is 13.5. The molecule has 10 heteroatoms. The normalized spacial score (nSPS) is 22.3. The number of guanidine groups is 1. The fourth-order valence-corrected chi connectivity index (χ4v) is 3.48. The number of carbonyl (C=O) groups is 1. The summed E-state index contributed by atoms with van der Waals surface area (Å²) in [6.07, 6.45) is 0.297. The molecule has 2 unspecified atom stereocenters. The van der Waals surface area contributed by atoms with E-state index < -0.39 is 17.5 Å². The number of nitrogens with zero attached hydrogens (tertiary/aromatic N) is 1. The third kappa shape index (κ3) is 5.26. The van der Waals surface area contributed by atoms with E-state index >= 15 is 0 Å². The van der Waals surface area contributed by atoms with Crippen LogP contribution in [0, 0.1) is 22.9 Å². The number of ether oxygens (including phenoxy) is 1. The Morgan fingerprint density at radius 2 is 1.88 bits per heavy atom. The lowest BCUT2D eigenvalue weighted by molar-refractivity contribution is -0.0945. The van der Waals surface area contributed by atoms with E-state index in [2.05, 4.69) is 26.5 Å². The quantitative estimate of drug-likeness (QED) is 0.418. The van der Waals surface area contributed by atoms with Crippen LogP contribution >= 0.6 is 0 Å². The number of benzene rings is 2. The lowest BCUT2D eigenvalue weighted by Gasteiger charge is -2.36. The summed E-state index contributed by atoms with van der Waals surface area (Å²) in [7, 11) is 0. The molecule has 2 aromatic rings. The lowest BCUT2D eigenvalue weighted by Crippen LogP contribution is -2.51. The summed E-state index contributed by atoms with van der Waals surface area (Å²) in [5, 5.41) is 5.78. The van der Waals surface area contributed by atoms with Gasteiger partial charge in [-0.15, -0.1) is 0 Å². The zero-order chi connectivity index (χ0) is 22.7. The molecule has 0 spiro atoms. The number of hydrazine groups is 1. The molecule has 2 fully saturated rings. The van der Waals surface area contributed by atoms with Crippen LogP contribution in [0.3, 0.4) is 0 Å². The second kappa shape index (κ2) is 9.27. The van der Waals surface area contributed by atoms with E-state index in [1.165, 1.54) is 18.2 Å². The first-order valence-corrected chi connectivity index (χ1v) is 10.2. The Labute approximate surface area is 183 Å². The first-order valence-electron chi connectivity index (χ1n) is 10.2. The van der Waals surface area contributed by atoms with Gasteiger partial charge in [-0.2, -0.15) is 0 Å². The molecule has 0 saturated carbocycles. The third-order valence-electron chi connectivity index (χ3n) is 5.42. The van der Waals surface area contributed by atoms with Gasteiger partial charge in [-0.25, -0.2) is 24.0 Å². The van der Waals surface area contributed by atoms with Crippen LogP contribution in [0.4, 0.5) is 13.2 Å². The largest absolute Gasteiger partial charge is 0.380 e. The molecule has 2 atom stereocenters. The summed E-state index contributed by atoms with van der Waals surface area (Å²) in [6, 6.07) is 9.06. The number of hydrogen-bond donors (Lipinski definition) is 4. The van der Waals surface area contributed by atoms with Gasteiger partial charge in [0, 0.05) is 23.4 Å². The predicted molar refractivity (Wildman–Crippen MR) is 112 cm³/mol. The van der Waals surface area contributed by atoms with Gasteiger partial charge < -0.3 is 10.1 Å². The van der Waals surface area contributed by atoms with Gasteiger partial charge in [0.25, 0.3) is 5.91 Å². The molecule has 2 saturated heterocycles. The SMILES string of the molecule is CC1(CN=C(NC(=O)c2ccc(F)c(F)c2)NC2CC(c3ccc(F)cc3)NN2)COC1. The molecule has 2 heterocycles. The highest BCUT2D eigenvalue weighted by Gasteiger charge is 2.33. The number of nitrogens with one attached hydrogen (secondary N) is 4. The molecule has 4 rings (SSSR count). The van der Waals surface area contributed by atoms with Gasteiger partial charge in [-0.1, -0.05) is 19.1 Å². The Kier molecular flexibility index (Phi) is 6.45. The van der Waals surface area contributed by atoms with Crippen molar-refractivity contribution in [2.45, 2.75) is 25.6 Å². The number of hydrogen-bond acceptors (Lipinski definition) is 5. The molecule has 0 radical (unpaired) electrons. The average Bonchev–Trinajstić information content (AvgIpc) is 3.21. The second-order valence-electron chi connectivity index (χ2n) is 8.38. The molecule has 2 aromatic carbocycles. The van der Waals surface area contributed by atoms with Gasteiger partial charge in [-0.3, -0.25) is 15.1 Å². The van der Waals surface area contributed by atoms with Crippen molar-refractivity contribution in [3.63, 3.8) is 0 Å². The van der Waals surface area contributed by atoms with Crippen molar-refractivity contribution in [1.29, 1.82) is 0 Å². The predicted octanol–water partition coefficient (Wildman–Crippen LogP) is 2.38. The third-order valence-corrected chi connectivity index (χ3v) is 5.42. The average molecular weight is 447 g/mol. The van der Waals surface area contributed by atoms with Crippen molar-refractivity contribution < 1.29 is 22.7 Å². The van der Waals surface area contributed by atoms with E-state index in [4.69, 9.17) is 4.74 Å². The summed E-state index contributed by atoms with van der Waals surface area (Å²) in [4.78, 5) is 17.1. The lowest BCUT2D eigenvalue weighted by atomic mass is 9.89. The topological polar surface area (TPSA) is 86.8 Å². The molecule has 0 aromatic heterocycles. The summed E-state index contributed by atoms with van der Waals surface area (Å²) in [5.41, 5.74) is 6.96. The molecule has 0 aliphatic carbocycles. The van der Waals surface area contributed by atoms with E-state index in [-0.39, 0.29) is 35.0 Å². The van der Waals surface area contributed by atoms with Gasteiger partial charge in [0.15, 0.2) is 17.6 Å². The van der Waals surface area contributed by atoms with Gasteiger partial charge >= 0.3 is 0 Å². The molecule has 2 aliphatic heterocycles. The molecular weight excluding hydrogens is 423 g/mol.